The SMILES string of the molecule is Cc1cc(NS(=O)(=O)Cl)cc(C)c1C. The second-order valence-electron chi connectivity index (χ2n) is 3.27. The van der Waals surface area contributed by atoms with Crippen LogP contribution >= 0.6 is 10.7 Å². The van der Waals surface area contributed by atoms with Gasteiger partial charge in [0.15, 0.2) is 0 Å². The minimum absolute atomic E-state index is 0.501. The Kier molecular flexibility index (Phi) is 3.07. The summed E-state index contributed by atoms with van der Waals surface area (Å²) in [4.78, 5) is 0. The van der Waals surface area contributed by atoms with E-state index in [1.54, 1.807) is 12.1 Å². The third kappa shape index (κ3) is 2.89. The first-order valence-electron chi connectivity index (χ1n) is 4.10. The maximum atomic E-state index is 10.8. The summed E-state index contributed by atoms with van der Waals surface area (Å²) >= 11 is 0. The minimum atomic E-state index is -3.70. The Bertz CT molecular complexity index is 431. The zero-order chi connectivity index (χ0) is 10.9. The van der Waals surface area contributed by atoms with E-state index in [-0.39, 0.29) is 0 Å². The van der Waals surface area contributed by atoms with Crippen LogP contribution in [-0.4, -0.2) is 8.42 Å². The maximum Gasteiger partial charge on any atom is 0.319 e. The molecule has 0 atom stereocenters. The Labute approximate surface area is 88.6 Å². The molecule has 0 saturated heterocycles. The molecule has 14 heavy (non-hydrogen) atoms. The van der Waals surface area contributed by atoms with E-state index in [1.165, 1.54) is 0 Å². The van der Waals surface area contributed by atoms with Crippen molar-refractivity contribution in [3.63, 3.8) is 0 Å². The lowest BCUT2D eigenvalue weighted by Gasteiger charge is -2.08. The summed E-state index contributed by atoms with van der Waals surface area (Å²) in [7, 11) is 1.37. The Balaban J connectivity index is 3.14. The highest BCUT2D eigenvalue weighted by molar-refractivity contribution is 8.14. The lowest BCUT2D eigenvalue weighted by molar-refractivity contribution is 0.614. The van der Waals surface area contributed by atoms with Gasteiger partial charge in [-0.1, -0.05) is 0 Å². The first-order chi connectivity index (χ1) is 6.29. The van der Waals surface area contributed by atoms with Crippen molar-refractivity contribution in [1.82, 2.24) is 0 Å². The topological polar surface area (TPSA) is 46.2 Å². The molecule has 3 nitrogen and oxygen atoms in total. The molecule has 1 rings (SSSR count). The van der Waals surface area contributed by atoms with E-state index < -0.39 is 9.24 Å². The van der Waals surface area contributed by atoms with Gasteiger partial charge in [-0.2, -0.15) is 8.42 Å². The zero-order valence-corrected chi connectivity index (χ0v) is 9.83. The average molecular weight is 234 g/mol. The number of hydrogen-bond donors (Lipinski definition) is 1. The fourth-order valence-electron chi connectivity index (χ4n) is 1.24. The molecule has 0 fully saturated rings. The zero-order valence-electron chi connectivity index (χ0n) is 8.26. The van der Waals surface area contributed by atoms with E-state index in [9.17, 15) is 8.42 Å². The molecule has 0 saturated carbocycles. The van der Waals surface area contributed by atoms with Crippen LogP contribution < -0.4 is 4.72 Å². The van der Waals surface area contributed by atoms with Crippen molar-refractivity contribution in [2.24, 2.45) is 0 Å². The van der Waals surface area contributed by atoms with E-state index >= 15 is 0 Å². The standard InChI is InChI=1S/C9H12ClNO2S/c1-6-4-9(11-14(10,12)13)5-7(2)8(6)3/h4-5,11H,1-3H3. The molecular weight excluding hydrogens is 222 g/mol. The van der Waals surface area contributed by atoms with Gasteiger partial charge in [-0.05, 0) is 49.6 Å². The Morgan fingerprint density at radius 3 is 1.93 bits per heavy atom. The molecule has 1 N–H and O–H groups in total. The normalized spacial score (nSPS) is 11.4. The van der Waals surface area contributed by atoms with Crippen LogP contribution in [0.5, 0.6) is 0 Å². The van der Waals surface area contributed by atoms with Crippen molar-refractivity contribution in [1.29, 1.82) is 0 Å². The lowest BCUT2D eigenvalue weighted by Crippen LogP contribution is -2.05. The fraction of sp³-hybridized carbons (Fsp3) is 0.333. The molecule has 5 heteroatoms. The highest BCUT2D eigenvalue weighted by Gasteiger charge is 2.06. The molecule has 0 heterocycles. The van der Waals surface area contributed by atoms with Crippen molar-refractivity contribution in [2.75, 3.05) is 4.72 Å². The van der Waals surface area contributed by atoms with Crippen LogP contribution in [0.15, 0.2) is 12.1 Å². The van der Waals surface area contributed by atoms with Crippen LogP contribution in [0.2, 0.25) is 0 Å². The molecule has 0 aromatic heterocycles. The largest absolute Gasteiger partial charge is 0.319 e. The quantitative estimate of drug-likeness (QED) is 0.798. The summed E-state index contributed by atoms with van der Waals surface area (Å²) in [5.74, 6) is 0. The van der Waals surface area contributed by atoms with Crippen LogP contribution in [0, 0.1) is 20.8 Å². The van der Waals surface area contributed by atoms with Gasteiger partial charge >= 0.3 is 9.24 Å². The summed E-state index contributed by atoms with van der Waals surface area (Å²) < 4.78 is 23.8. The molecule has 0 amide bonds. The first kappa shape index (κ1) is 11.3. The molecule has 0 aliphatic carbocycles. The van der Waals surface area contributed by atoms with Crippen LogP contribution in [0.3, 0.4) is 0 Å². The molecule has 0 aliphatic heterocycles. The van der Waals surface area contributed by atoms with E-state index in [2.05, 4.69) is 4.72 Å². The molecule has 78 valence electrons. The van der Waals surface area contributed by atoms with Gasteiger partial charge in [0, 0.05) is 10.7 Å². The van der Waals surface area contributed by atoms with Crippen LogP contribution in [0.4, 0.5) is 5.69 Å². The van der Waals surface area contributed by atoms with Gasteiger partial charge in [0.2, 0.25) is 0 Å². The van der Waals surface area contributed by atoms with Crippen molar-refractivity contribution in [3.8, 4) is 0 Å². The van der Waals surface area contributed by atoms with Gasteiger partial charge in [0.1, 0.15) is 0 Å². The van der Waals surface area contributed by atoms with Gasteiger partial charge < -0.3 is 0 Å². The maximum absolute atomic E-state index is 10.8. The molecule has 0 unspecified atom stereocenters. The second kappa shape index (κ2) is 3.79. The van der Waals surface area contributed by atoms with Crippen LogP contribution in [0.25, 0.3) is 0 Å². The highest BCUT2D eigenvalue weighted by Crippen LogP contribution is 2.20. The van der Waals surface area contributed by atoms with E-state index in [4.69, 9.17) is 10.7 Å². The average Bonchev–Trinajstić information content (AvgIpc) is 1.96. The molecule has 0 bridgehead atoms. The third-order valence-corrected chi connectivity index (χ3v) is 2.88. The van der Waals surface area contributed by atoms with Gasteiger partial charge in [0.25, 0.3) is 0 Å². The van der Waals surface area contributed by atoms with E-state index in [0.717, 1.165) is 16.7 Å². The summed E-state index contributed by atoms with van der Waals surface area (Å²) in [6.45, 7) is 5.84. The highest BCUT2D eigenvalue weighted by atomic mass is 35.7. The number of benzene rings is 1. The van der Waals surface area contributed by atoms with E-state index in [1.807, 2.05) is 20.8 Å². The summed E-state index contributed by atoms with van der Waals surface area (Å²) in [6.07, 6.45) is 0. The molecule has 0 spiro atoms. The van der Waals surface area contributed by atoms with Crippen molar-refractivity contribution < 1.29 is 8.42 Å². The third-order valence-electron chi connectivity index (χ3n) is 2.17. The van der Waals surface area contributed by atoms with Crippen molar-refractivity contribution in [3.05, 3.63) is 28.8 Å². The van der Waals surface area contributed by atoms with Gasteiger partial charge in [-0.3, -0.25) is 4.72 Å². The number of halogens is 1. The fourth-order valence-corrected chi connectivity index (χ4v) is 1.90. The smallest absolute Gasteiger partial charge is 0.271 e. The number of aryl methyl sites for hydroxylation is 2. The van der Waals surface area contributed by atoms with Crippen molar-refractivity contribution >= 4 is 25.6 Å². The molecule has 1 aromatic rings. The Morgan fingerprint density at radius 1 is 1.14 bits per heavy atom. The summed E-state index contributed by atoms with van der Waals surface area (Å²) in [5.41, 5.74) is 3.73. The van der Waals surface area contributed by atoms with Gasteiger partial charge in [-0.15, -0.1) is 0 Å². The van der Waals surface area contributed by atoms with E-state index in [0.29, 0.717) is 5.69 Å². The summed E-state index contributed by atoms with van der Waals surface area (Å²) in [5, 5.41) is 0. The molecular formula is C9H12ClNO2S. The van der Waals surface area contributed by atoms with Crippen LogP contribution in [0.1, 0.15) is 16.7 Å². The minimum Gasteiger partial charge on any atom is -0.271 e. The predicted molar refractivity (Wildman–Crippen MR) is 59.0 cm³/mol. The second-order valence-corrected chi connectivity index (χ2v) is 5.57. The van der Waals surface area contributed by atoms with Crippen LogP contribution in [-0.2, 0) is 9.24 Å². The first-order valence-corrected chi connectivity index (χ1v) is 6.41. The molecule has 0 radical (unpaired) electrons. The lowest BCUT2D eigenvalue weighted by atomic mass is 10.0. The number of anilines is 1. The number of rotatable bonds is 2. The Morgan fingerprint density at radius 2 is 1.57 bits per heavy atom. The van der Waals surface area contributed by atoms with Crippen molar-refractivity contribution in [2.45, 2.75) is 20.8 Å². The Hall–Kier alpha value is -0.740. The number of nitrogens with one attached hydrogen (secondary N) is 1. The molecule has 0 aliphatic rings. The molecule has 1 aromatic carbocycles. The summed E-state index contributed by atoms with van der Waals surface area (Å²) in [6, 6.07) is 3.50. The van der Waals surface area contributed by atoms with Gasteiger partial charge in [-0.25, -0.2) is 0 Å². The predicted octanol–water partition coefficient (Wildman–Crippen LogP) is 2.51. The number of hydrogen-bond acceptors (Lipinski definition) is 2. The monoisotopic (exact) mass is 233 g/mol. The van der Waals surface area contributed by atoms with Gasteiger partial charge in [0.05, 0.1) is 5.69 Å².